The maximum atomic E-state index is 13.8. The highest BCUT2D eigenvalue weighted by Crippen LogP contribution is 2.22. The molecule has 4 heteroatoms. The molecule has 2 rings (SSSR count). The molecular weight excluding hydrogens is 275 g/mol. The summed E-state index contributed by atoms with van der Waals surface area (Å²) in [4.78, 5) is 2.12. The van der Waals surface area contributed by atoms with Crippen LogP contribution in [0.15, 0.2) is 42.5 Å². The van der Waals surface area contributed by atoms with Gasteiger partial charge in [-0.3, -0.25) is 0 Å². The number of benzene rings is 2. The number of hydrogen-bond donors (Lipinski definition) is 1. The topological polar surface area (TPSA) is 29.3 Å². The number of halogens is 2. The Bertz CT molecular complexity index is 569. The predicted molar refractivity (Wildman–Crippen MR) is 83.6 cm³/mol. The van der Waals surface area contributed by atoms with Gasteiger partial charge in [0.05, 0.1) is 0 Å². The van der Waals surface area contributed by atoms with Crippen molar-refractivity contribution in [1.29, 1.82) is 0 Å². The van der Waals surface area contributed by atoms with E-state index in [1.807, 2.05) is 24.3 Å². The number of rotatable bonds is 5. The molecule has 0 saturated heterocycles. The van der Waals surface area contributed by atoms with Crippen LogP contribution in [0.4, 0.5) is 15.8 Å². The van der Waals surface area contributed by atoms with E-state index in [2.05, 4.69) is 11.8 Å². The molecule has 0 atom stereocenters. The van der Waals surface area contributed by atoms with Gasteiger partial charge in [0.15, 0.2) is 0 Å². The number of nitrogens with two attached hydrogens (primary N) is 1. The van der Waals surface area contributed by atoms with E-state index >= 15 is 0 Å². The molecular formula is C16H18ClFN2. The van der Waals surface area contributed by atoms with Gasteiger partial charge in [0.2, 0.25) is 0 Å². The van der Waals surface area contributed by atoms with Crippen molar-refractivity contribution in [2.24, 2.45) is 0 Å². The highest BCUT2D eigenvalue weighted by molar-refractivity contribution is 6.30. The van der Waals surface area contributed by atoms with Gasteiger partial charge in [0.1, 0.15) is 5.82 Å². The van der Waals surface area contributed by atoms with Gasteiger partial charge in [0, 0.05) is 35.1 Å². The number of hydrogen-bond acceptors (Lipinski definition) is 2. The Morgan fingerprint density at radius 3 is 2.50 bits per heavy atom. The third-order valence-corrected chi connectivity index (χ3v) is 3.36. The Morgan fingerprint density at radius 1 is 1.15 bits per heavy atom. The lowest BCUT2D eigenvalue weighted by atomic mass is 10.1. The Labute approximate surface area is 124 Å². The Balaban J connectivity index is 2.25. The maximum absolute atomic E-state index is 13.8. The first kappa shape index (κ1) is 14.7. The minimum absolute atomic E-state index is 0.231. The Hall–Kier alpha value is -1.74. The zero-order chi connectivity index (χ0) is 14.5. The van der Waals surface area contributed by atoms with E-state index < -0.39 is 0 Å². The molecule has 0 fully saturated rings. The summed E-state index contributed by atoms with van der Waals surface area (Å²) in [5.74, 6) is -0.231. The molecule has 2 aromatic carbocycles. The predicted octanol–water partition coefficient (Wildman–Crippen LogP) is 4.48. The monoisotopic (exact) mass is 292 g/mol. The summed E-state index contributed by atoms with van der Waals surface area (Å²) in [5.41, 5.74) is 8.05. The van der Waals surface area contributed by atoms with Crippen molar-refractivity contribution in [3.63, 3.8) is 0 Å². The lowest BCUT2D eigenvalue weighted by Crippen LogP contribution is -2.24. The molecule has 0 aliphatic rings. The second-order valence-electron chi connectivity index (χ2n) is 4.75. The lowest BCUT2D eigenvalue weighted by molar-refractivity contribution is 0.603. The summed E-state index contributed by atoms with van der Waals surface area (Å²) in [6.07, 6.45) is 0.979. The first-order valence-electron chi connectivity index (χ1n) is 6.64. The Morgan fingerprint density at radius 2 is 1.85 bits per heavy atom. The van der Waals surface area contributed by atoms with Crippen LogP contribution >= 0.6 is 11.6 Å². The summed E-state index contributed by atoms with van der Waals surface area (Å²) < 4.78 is 13.8. The number of nitrogen functional groups attached to an aromatic ring is 1. The van der Waals surface area contributed by atoms with Gasteiger partial charge in [-0.2, -0.15) is 0 Å². The van der Waals surface area contributed by atoms with Crippen molar-refractivity contribution < 1.29 is 4.39 Å². The van der Waals surface area contributed by atoms with Crippen LogP contribution in [0, 0.1) is 5.82 Å². The molecule has 0 saturated carbocycles. The number of anilines is 2. The molecule has 0 unspecified atom stereocenters. The minimum atomic E-state index is -0.231. The van der Waals surface area contributed by atoms with E-state index in [4.69, 9.17) is 17.3 Å². The van der Waals surface area contributed by atoms with E-state index in [9.17, 15) is 4.39 Å². The second-order valence-corrected chi connectivity index (χ2v) is 5.19. The van der Waals surface area contributed by atoms with Gasteiger partial charge in [-0.1, -0.05) is 18.5 Å². The van der Waals surface area contributed by atoms with Gasteiger partial charge in [-0.25, -0.2) is 4.39 Å². The molecule has 0 aliphatic carbocycles. The zero-order valence-corrected chi connectivity index (χ0v) is 12.2. The first-order chi connectivity index (χ1) is 9.60. The fourth-order valence-electron chi connectivity index (χ4n) is 2.12. The summed E-state index contributed by atoms with van der Waals surface area (Å²) in [6.45, 7) is 3.43. The molecule has 2 aromatic rings. The normalized spacial score (nSPS) is 10.6. The fourth-order valence-corrected chi connectivity index (χ4v) is 2.32. The van der Waals surface area contributed by atoms with Crippen LogP contribution in [0.5, 0.6) is 0 Å². The zero-order valence-electron chi connectivity index (χ0n) is 11.4. The Kier molecular flexibility index (Phi) is 4.85. The van der Waals surface area contributed by atoms with Crippen molar-refractivity contribution in [3.05, 3.63) is 58.9 Å². The van der Waals surface area contributed by atoms with Crippen molar-refractivity contribution in [2.75, 3.05) is 17.2 Å². The van der Waals surface area contributed by atoms with Crippen LogP contribution < -0.4 is 10.6 Å². The minimum Gasteiger partial charge on any atom is -0.399 e. The molecule has 0 radical (unpaired) electrons. The summed E-state index contributed by atoms with van der Waals surface area (Å²) in [6, 6.07) is 12.3. The molecule has 2 N–H and O–H groups in total. The smallest absolute Gasteiger partial charge is 0.128 e. The van der Waals surface area contributed by atoms with Gasteiger partial charge >= 0.3 is 0 Å². The van der Waals surface area contributed by atoms with Crippen molar-refractivity contribution in [2.45, 2.75) is 19.9 Å². The van der Waals surface area contributed by atoms with E-state index in [0.717, 1.165) is 24.3 Å². The molecule has 0 amide bonds. The molecule has 106 valence electrons. The van der Waals surface area contributed by atoms with Gasteiger partial charge < -0.3 is 10.6 Å². The molecule has 0 heterocycles. The van der Waals surface area contributed by atoms with Crippen molar-refractivity contribution in [1.82, 2.24) is 0 Å². The van der Waals surface area contributed by atoms with Crippen molar-refractivity contribution in [3.8, 4) is 0 Å². The molecule has 0 spiro atoms. The average molecular weight is 293 g/mol. The second kappa shape index (κ2) is 6.62. The summed E-state index contributed by atoms with van der Waals surface area (Å²) in [5, 5.41) is 0.551. The SMILES string of the molecule is CCCN(Cc1cc(Cl)ccc1F)c1ccc(N)cc1. The molecule has 2 nitrogen and oxygen atoms in total. The van der Waals surface area contributed by atoms with Crippen LogP contribution in [0.1, 0.15) is 18.9 Å². The molecule has 20 heavy (non-hydrogen) atoms. The van der Waals surface area contributed by atoms with E-state index in [1.54, 1.807) is 12.1 Å². The standard InChI is InChI=1S/C16H18ClFN2/c1-2-9-20(15-6-4-14(19)5-7-15)11-12-10-13(17)3-8-16(12)18/h3-8,10H,2,9,11,19H2,1H3. The highest BCUT2D eigenvalue weighted by atomic mass is 35.5. The van der Waals surface area contributed by atoms with Crippen LogP contribution in [0.3, 0.4) is 0 Å². The molecule has 0 aromatic heterocycles. The third-order valence-electron chi connectivity index (χ3n) is 3.12. The van der Waals surface area contributed by atoms with Gasteiger partial charge in [-0.05, 0) is 48.9 Å². The average Bonchev–Trinajstić information content (AvgIpc) is 2.43. The van der Waals surface area contributed by atoms with Crippen LogP contribution in [-0.4, -0.2) is 6.54 Å². The number of nitrogens with zero attached hydrogens (tertiary/aromatic N) is 1. The molecule has 0 aliphatic heterocycles. The van der Waals surface area contributed by atoms with Crippen LogP contribution in [0.2, 0.25) is 5.02 Å². The van der Waals surface area contributed by atoms with Gasteiger partial charge in [-0.15, -0.1) is 0 Å². The third kappa shape index (κ3) is 3.64. The summed E-state index contributed by atoms with van der Waals surface area (Å²) in [7, 11) is 0. The highest BCUT2D eigenvalue weighted by Gasteiger charge is 2.10. The largest absolute Gasteiger partial charge is 0.399 e. The summed E-state index contributed by atoms with van der Waals surface area (Å²) >= 11 is 5.94. The van der Waals surface area contributed by atoms with Gasteiger partial charge in [0.25, 0.3) is 0 Å². The fraction of sp³-hybridized carbons (Fsp3) is 0.250. The maximum Gasteiger partial charge on any atom is 0.128 e. The van der Waals surface area contributed by atoms with E-state index in [-0.39, 0.29) is 5.82 Å². The van der Waals surface area contributed by atoms with Crippen LogP contribution in [0.25, 0.3) is 0 Å². The van der Waals surface area contributed by atoms with E-state index in [0.29, 0.717) is 17.1 Å². The van der Waals surface area contributed by atoms with Crippen molar-refractivity contribution >= 4 is 23.0 Å². The van der Waals surface area contributed by atoms with Crippen LogP contribution in [-0.2, 0) is 6.54 Å². The first-order valence-corrected chi connectivity index (χ1v) is 7.02. The quantitative estimate of drug-likeness (QED) is 0.823. The lowest BCUT2D eigenvalue weighted by Gasteiger charge is -2.25. The molecule has 0 bridgehead atoms. The van der Waals surface area contributed by atoms with E-state index in [1.165, 1.54) is 6.07 Å².